The monoisotopic (exact) mass is 299 g/mol. The molecular formula is C17H25N5. The number of nitrogens with zero attached hydrogens (tertiary/aromatic N) is 4. The van der Waals surface area contributed by atoms with Crippen molar-refractivity contribution in [2.24, 2.45) is 7.05 Å². The average Bonchev–Trinajstić information content (AvgIpc) is 2.79. The van der Waals surface area contributed by atoms with Crippen molar-refractivity contribution in [3.63, 3.8) is 0 Å². The first-order chi connectivity index (χ1) is 10.6. The second kappa shape index (κ2) is 6.48. The molecule has 0 amide bonds. The molecule has 0 saturated carbocycles. The lowest BCUT2D eigenvalue weighted by Crippen LogP contribution is -2.42. The van der Waals surface area contributed by atoms with E-state index in [1.807, 2.05) is 24.0 Å². The second-order valence-corrected chi connectivity index (χ2v) is 6.10. The van der Waals surface area contributed by atoms with Crippen LogP contribution in [0.15, 0.2) is 24.4 Å². The first-order valence-corrected chi connectivity index (χ1v) is 8.03. The van der Waals surface area contributed by atoms with E-state index in [0.717, 1.165) is 44.0 Å². The molecule has 118 valence electrons. The molecule has 1 fully saturated rings. The molecule has 1 saturated heterocycles. The summed E-state index contributed by atoms with van der Waals surface area (Å²) < 4.78 is 1.97. The van der Waals surface area contributed by atoms with Gasteiger partial charge in [0, 0.05) is 50.2 Å². The smallest absolute Gasteiger partial charge is 0.128 e. The van der Waals surface area contributed by atoms with Crippen molar-refractivity contribution in [2.45, 2.75) is 39.3 Å². The van der Waals surface area contributed by atoms with E-state index in [0.29, 0.717) is 6.04 Å². The SMILES string of the molecule is Cc1nn(C)c(C)c1CNC1CCN(c2ccccn2)CC1. The molecule has 1 N–H and O–H groups in total. The summed E-state index contributed by atoms with van der Waals surface area (Å²) in [4.78, 5) is 6.82. The molecule has 3 heterocycles. The number of aromatic nitrogens is 3. The lowest BCUT2D eigenvalue weighted by Gasteiger charge is -2.33. The number of aryl methyl sites for hydroxylation is 2. The van der Waals surface area contributed by atoms with Crippen LogP contribution in [0.3, 0.4) is 0 Å². The molecule has 1 aliphatic heterocycles. The molecule has 2 aromatic heterocycles. The van der Waals surface area contributed by atoms with Crippen LogP contribution in [0.5, 0.6) is 0 Å². The summed E-state index contributed by atoms with van der Waals surface area (Å²) in [5.41, 5.74) is 3.74. The molecule has 0 aliphatic carbocycles. The second-order valence-electron chi connectivity index (χ2n) is 6.10. The molecule has 0 spiro atoms. The third kappa shape index (κ3) is 3.14. The first kappa shape index (κ1) is 15.0. The highest BCUT2D eigenvalue weighted by molar-refractivity contribution is 5.38. The van der Waals surface area contributed by atoms with E-state index < -0.39 is 0 Å². The van der Waals surface area contributed by atoms with Crippen LogP contribution in [0.2, 0.25) is 0 Å². The number of hydrogen-bond acceptors (Lipinski definition) is 4. The van der Waals surface area contributed by atoms with E-state index in [-0.39, 0.29) is 0 Å². The fraction of sp³-hybridized carbons (Fsp3) is 0.529. The Hall–Kier alpha value is -1.88. The van der Waals surface area contributed by atoms with Crippen LogP contribution >= 0.6 is 0 Å². The van der Waals surface area contributed by atoms with Crippen molar-refractivity contribution in [1.82, 2.24) is 20.1 Å². The van der Waals surface area contributed by atoms with Gasteiger partial charge in [-0.05, 0) is 38.8 Å². The van der Waals surface area contributed by atoms with Crippen LogP contribution in [0.4, 0.5) is 5.82 Å². The Balaban J connectivity index is 1.52. The van der Waals surface area contributed by atoms with Gasteiger partial charge in [0.1, 0.15) is 5.82 Å². The lowest BCUT2D eigenvalue weighted by atomic mass is 10.0. The fourth-order valence-electron chi connectivity index (χ4n) is 3.17. The van der Waals surface area contributed by atoms with Gasteiger partial charge in [0.05, 0.1) is 5.69 Å². The quantitative estimate of drug-likeness (QED) is 0.940. The number of piperidine rings is 1. The van der Waals surface area contributed by atoms with Gasteiger partial charge >= 0.3 is 0 Å². The van der Waals surface area contributed by atoms with Gasteiger partial charge in [0.2, 0.25) is 0 Å². The molecule has 1 aliphatic rings. The minimum absolute atomic E-state index is 0.582. The Kier molecular flexibility index (Phi) is 4.43. The molecule has 0 unspecified atom stereocenters. The summed E-state index contributed by atoms with van der Waals surface area (Å²) in [6.45, 7) is 7.29. The van der Waals surface area contributed by atoms with E-state index in [4.69, 9.17) is 0 Å². The lowest BCUT2D eigenvalue weighted by molar-refractivity contribution is 0.412. The summed E-state index contributed by atoms with van der Waals surface area (Å²) in [6.07, 6.45) is 4.19. The van der Waals surface area contributed by atoms with Gasteiger partial charge in [-0.1, -0.05) is 6.07 Å². The largest absolute Gasteiger partial charge is 0.357 e. The van der Waals surface area contributed by atoms with Crippen molar-refractivity contribution in [1.29, 1.82) is 0 Å². The van der Waals surface area contributed by atoms with E-state index in [9.17, 15) is 0 Å². The normalized spacial score (nSPS) is 16.2. The summed E-state index contributed by atoms with van der Waals surface area (Å²) >= 11 is 0. The molecule has 0 radical (unpaired) electrons. The summed E-state index contributed by atoms with van der Waals surface area (Å²) in [5, 5.41) is 8.19. The molecule has 22 heavy (non-hydrogen) atoms. The van der Waals surface area contributed by atoms with Gasteiger partial charge in [0.15, 0.2) is 0 Å². The van der Waals surface area contributed by atoms with Crippen LogP contribution in [-0.2, 0) is 13.6 Å². The summed E-state index contributed by atoms with van der Waals surface area (Å²) in [7, 11) is 2.01. The molecule has 5 nitrogen and oxygen atoms in total. The van der Waals surface area contributed by atoms with Crippen molar-refractivity contribution in [3.8, 4) is 0 Å². The molecule has 0 aromatic carbocycles. The number of hydrogen-bond donors (Lipinski definition) is 1. The Morgan fingerprint density at radius 1 is 1.23 bits per heavy atom. The molecule has 0 atom stereocenters. The zero-order valence-electron chi connectivity index (χ0n) is 13.7. The van der Waals surface area contributed by atoms with Crippen LogP contribution in [0.25, 0.3) is 0 Å². The Morgan fingerprint density at radius 3 is 2.59 bits per heavy atom. The van der Waals surface area contributed by atoms with Gasteiger partial charge in [0.25, 0.3) is 0 Å². The highest BCUT2D eigenvalue weighted by Gasteiger charge is 2.20. The maximum absolute atomic E-state index is 4.49. The van der Waals surface area contributed by atoms with Gasteiger partial charge in [-0.15, -0.1) is 0 Å². The van der Waals surface area contributed by atoms with E-state index in [1.165, 1.54) is 11.3 Å². The number of pyridine rings is 1. The Morgan fingerprint density at radius 2 is 2.00 bits per heavy atom. The highest BCUT2D eigenvalue weighted by Crippen LogP contribution is 2.18. The third-order valence-electron chi connectivity index (χ3n) is 4.69. The molecular weight excluding hydrogens is 274 g/mol. The van der Waals surface area contributed by atoms with E-state index >= 15 is 0 Å². The van der Waals surface area contributed by atoms with E-state index in [1.54, 1.807) is 0 Å². The van der Waals surface area contributed by atoms with Gasteiger partial charge in [-0.25, -0.2) is 4.98 Å². The number of rotatable bonds is 4. The van der Waals surface area contributed by atoms with Gasteiger partial charge in [-0.3, -0.25) is 4.68 Å². The standard InChI is InChI=1S/C17H25N5/c1-13-16(14(2)21(3)20-13)12-19-15-7-10-22(11-8-15)17-6-4-5-9-18-17/h4-6,9,15,19H,7-8,10-12H2,1-3H3. The average molecular weight is 299 g/mol. The predicted molar refractivity (Wildman–Crippen MR) is 89.0 cm³/mol. The summed E-state index contributed by atoms with van der Waals surface area (Å²) in [6, 6.07) is 6.70. The van der Waals surface area contributed by atoms with Crippen molar-refractivity contribution >= 4 is 5.82 Å². The van der Waals surface area contributed by atoms with Crippen molar-refractivity contribution < 1.29 is 0 Å². The van der Waals surface area contributed by atoms with Crippen LogP contribution in [-0.4, -0.2) is 33.9 Å². The minimum atomic E-state index is 0.582. The predicted octanol–water partition coefficient (Wildman–Crippen LogP) is 2.19. The topological polar surface area (TPSA) is 46.0 Å². The maximum Gasteiger partial charge on any atom is 0.128 e. The van der Waals surface area contributed by atoms with Gasteiger partial charge < -0.3 is 10.2 Å². The Bertz CT molecular complexity index is 611. The third-order valence-corrected chi connectivity index (χ3v) is 4.69. The zero-order valence-corrected chi connectivity index (χ0v) is 13.7. The van der Waals surface area contributed by atoms with Crippen molar-refractivity contribution in [2.75, 3.05) is 18.0 Å². The molecule has 3 rings (SSSR count). The van der Waals surface area contributed by atoms with Crippen LogP contribution in [0, 0.1) is 13.8 Å². The number of nitrogens with one attached hydrogen (secondary N) is 1. The Labute approximate surface area is 132 Å². The molecule has 2 aromatic rings. The van der Waals surface area contributed by atoms with E-state index in [2.05, 4.69) is 46.3 Å². The first-order valence-electron chi connectivity index (χ1n) is 8.03. The van der Waals surface area contributed by atoms with Crippen molar-refractivity contribution in [3.05, 3.63) is 41.3 Å². The summed E-state index contributed by atoms with van der Waals surface area (Å²) in [5.74, 6) is 1.10. The minimum Gasteiger partial charge on any atom is -0.357 e. The zero-order chi connectivity index (χ0) is 15.5. The van der Waals surface area contributed by atoms with Gasteiger partial charge in [-0.2, -0.15) is 5.10 Å². The number of anilines is 1. The molecule has 0 bridgehead atoms. The maximum atomic E-state index is 4.49. The highest BCUT2D eigenvalue weighted by atomic mass is 15.3. The van der Waals surface area contributed by atoms with Crippen LogP contribution in [0.1, 0.15) is 29.8 Å². The van der Waals surface area contributed by atoms with Crippen LogP contribution < -0.4 is 10.2 Å². The molecule has 5 heteroatoms. The fourth-order valence-corrected chi connectivity index (χ4v) is 3.17.